The van der Waals surface area contributed by atoms with Gasteiger partial charge in [0.25, 0.3) is 5.91 Å². The Morgan fingerprint density at radius 1 is 1.12 bits per heavy atom. The van der Waals surface area contributed by atoms with E-state index in [9.17, 15) is 13.2 Å². The molecule has 0 saturated carbocycles. The van der Waals surface area contributed by atoms with Gasteiger partial charge >= 0.3 is 0 Å². The van der Waals surface area contributed by atoms with Crippen LogP contribution in [0, 0.1) is 13.8 Å². The molecule has 0 aliphatic heterocycles. The lowest BCUT2D eigenvalue weighted by Gasteiger charge is -2.20. The van der Waals surface area contributed by atoms with Crippen molar-refractivity contribution in [3.63, 3.8) is 0 Å². The second-order valence-corrected chi connectivity index (χ2v) is 9.38. The van der Waals surface area contributed by atoms with Crippen LogP contribution in [0.4, 0.5) is 5.13 Å². The van der Waals surface area contributed by atoms with Crippen LogP contribution >= 0.6 is 11.3 Å². The fraction of sp³-hybridized carbons (Fsp3) is 0.375. The van der Waals surface area contributed by atoms with Gasteiger partial charge in [0, 0.05) is 16.0 Å². The molecule has 0 spiro atoms. The molecule has 1 heterocycles. The predicted octanol–water partition coefficient (Wildman–Crippen LogP) is 3.09. The van der Waals surface area contributed by atoms with E-state index >= 15 is 0 Å². The molecule has 2 rings (SSSR count). The van der Waals surface area contributed by atoms with Crippen LogP contribution < -0.4 is 10.0 Å². The lowest BCUT2D eigenvalue weighted by Crippen LogP contribution is -2.40. The minimum atomic E-state index is -3.61. The van der Waals surface area contributed by atoms with Crippen molar-refractivity contribution in [3.8, 4) is 0 Å². The van der Waals surface area contributed by atoms with Crippen LogP contribution in [-0.2, 0) is 10.0 Å². The van der Waals surface area contributed by atoms with Gasteiger partial charge in [0.15, 0.2) is 5.13 Å². The first kappa shape index (κ1) is 18.6. The number of hydrogen-bond donors (Lipinski definition) is 2. The van der Waals surface area contributed by atoms with Crippen molar-refractivity contribution < 1.29 is 13.2 Å². The maximum Gasteiger partial charge on any atom is 0.257 e. The summed E-state index contributed by atoms with van der Waals surface area (Å²) in [7, 11) is -3.61. The molecule has 6 nitrogen and oxygen atoms in total. The van der Waals surface area contributed by atoms with E-state index in [2.05, 4.69) is 15.0 Å². The Morgan fingerprint density at radius 2 is 1.71 bits per heavy atom. The summed E-state index contributed by atoms with van der Waals surface area (Å²) < 4.78 is 27.1. The number of carbonyl (C=O) groups is 1. The van der Waals surface area contributed by atoms with Gasteiger partial charge in [-0.15, -0.1) is 11.3 Å². The van der Waals surface area contributed by atoms with Gasteiger partial charge in [-0.25, -0.2) is 18.1 Å². The summed E-state index contributed by atoms with van der Waals surface area (Å²) in [5, 5.41) is 3.25. The van der Waals surface area contributed by atoms with Crippen molar-refractivity contribution in [2.45, 2.75) is 45.1 Å². The molecule has 1 aromatic heterocycles. The highest BCUT2D eigenvalue weighted by molar-refractivity contribution is 7.89. The molecule has 0 bridgehead atoms. The van der Waals surface area contributed by atoms with Crippen LogP contribution in [-0.4, -0.2) is 24.8 Å². The molecule has 0 unspecified atom stereocenters. The summed E-state index contributed by atoms with van der Waals surface area (Å²) in [4.78, 5) is 17.6. The van der Waals surface area contributed by atoms with E-state index in [1.54, 1.807) is 20.8 Å². The number of amides is 1. The molecule has 0 aliphatic rings. The van der Waals surface area contributed by atoms with Crippen molar-refractivity contribution in [2.24, 2.45) is 0 Å². The lowest BCUT2D eigenvalue weighted by molar-refractivity contribution is 0.102. The molecule has 1 aromatic carbocycles. The van der Waals surface area contributed by atoms with Gasteiger partial charge in [0.1, 0.15) is 0 Å². The molecule has 0 atom stereocenters. The largest absolute Gasteiger partial charge is 0.298 e. The number of thiazole rings is 1. The zero-order valence-electron chi connectivity index (χ0n) is 14.3. The Kier molecular flexibility index (Phi) is 5.12. The average molecular weight is 367 g/mol. The normalized spacial score (nSPS) is 12.2. The number of sulfonamides is 1. The summed E-state index contributed by atoms with van der Waals surface area (Å²) in [5.41, 5.74) is 0.676. The van der Waals surface area contributed by atoms with Crippen LogP contribution in [0.15, 0.2) is 29.2 Å². The number of nitrogens with zero attached hydrogens (tertiary/aromatic N) is 1. The number of hydrogen-bond acceptors (Lipinski definition) is 5. The van der Waals surface area contributed by atoms with E-state index in [4.69, 9.17) is 0 Å². The quantitative estimate of drug-likeness (QED) is 0.869. The van der Waals surface area contributed by atoms with Crippen LogP contribution in [0.25, 0.3) is 0 Å². The fourth-order valence-electron chi connectivity index (χ4n) is 1.94. The van der Waals surface area contributed by atoms with E-state index in [0.29, 0.717) is 10.7 Å². The van der Waals surface area contributed by atoms with Crippen LogP contribution in [0.5, 0.6) is 0 Å². The van der Waals surface area contributed by atoms with Gasteiger partial charge in [-0.1, -0.05) is 0 Å². The van der Waals surface area contributed by atoms with E-state index in [-0.39, 0.29) is 10.8 Å². The molecular weight excluding hydrogens is 346 g/mol. The minimum Gasteiger partial charge on any atom is -0.298 e. The van der Waals surface area contributed by atoms with Crippen LogP contribution in [0.2, 0.25) is 0 Å². The molecule has 8 heteroatoms. The van der Waals surface area contributed by atoms with Crippen molar-refractivity contribution in [2.75, 3.05) is 5.32 Å². The monoisotopic (exact) mass is 367 g/mol. The molecule has 0 aliphatic carbocycles. The molecule has 0 saturated heterocycles. The Balaban J connectivity index is 2.15. The molecule has 2 aromatic rings. The summed E-state index contributed by atoms with van der Waals surface area (Å²) in [6.45, 7) is 9.12. The summed E-state index contributed by atoms with van der Waals surface area (Å²) in [6.07, 6.45) is 0. The number of rotatable bonds is 4. The number of aromatic nitrogens is 1. The molecule has 2 N–H and O–H groups in total. The number of benzene rings is 1. The third kappa shape index (κ3) is 4.62. The maximum absolute atomic E-state index is 12.2. The topological polar surface area (TPSA) is 88.2 Å². The zero-order chi connectivity index (χ0) is 18.1. The molecule has 24 heavy (non-hydrogen) atoms. The smallest absolute Gasteiger partial charge is 0.257 e. The van der Waals surface area contributed by atoms with Crippen LogP contribution in [0.1, 0.15) is 41.7 Å². The van der Waals surface area contributed by atoms with E-state index in [0.717, 1.165) is 10.6 Å². The number of anilines is 1. The van der Waals surface area contributed by atoms with Crippen molar-refractivity contribution in [1.82, 2.24) is 9.71 Å². The van der Waals surface area contributed by atoms with E-state index < -0.39 is 15.6 Å². The number of aryl methyl sites for hydroxylation is 2. The minimum absolute atomic E-state index is 0.120. The van der Waals surface area contributed by atoms with Gasteiger partial charge in [-0.2, -0.15) is 0 Å². The summed E-state index contributed by atoms with van der Waals surface area (Å²) >= 11 is 1.40. The van der Waals surface area contributed by atoms with Gasteiger partial charge in [-0.05, 0) is 58.9 Å². The molecule has 1 amide bonds. The lowest BCUT2D eigenvalue weighted by atomic mass is 10.1. The average Bonchev–Trinajstić information content (AvgIpc) is 2.74. The standard InChI is InChI=1S/C16H21N3O3S2/c1-10-11(2)23-15(17-10)18-14(20)12-6-8-13(9-7-12)24(21,22)19-16(3,4)5/h6-9,19H,1-5H3,(H,17,18,20). The number of carbonyl (C=O) groups excluding carboxylic acids is 1. The molecule has 0 radical (unpaired) electrons. The Morgan fingerprint density at radius 3 is 2.17 bits per heavy atom. The molecule has 130 valence electrons. The highest BCUT2D eigenvalue weighted by Gasteiger charge is 2.22. The predicted molar refractivity (Wildman–Crippen MR) is 96.1 cm³/mol. The fourth-order valence-corrected chi connectivity index (χ4v) is 4.17. The van der Waals surface area contributed by atoms with Crippen LogP contribution in [0.3, 0.4) is 0 Å². The number of nitrogens with one attached hydrogen (secondary N) is 2. The van der Waals surface area contributed by atoms with E-state index in [1.165, 1.54) is 35.6 Å². The van der Waals surface area contributed by atoms with Gasteiger partial charge in [-0.3, -0.25) is 10.1 Å². The third-order valence-corrected chi connectivity index (χ3v) is 5.88. The second-order valence-electron chi connectivity index (χ2n) is 6.49. The first-order valence-corrected chi connectivity index (χ1v) is 9.67. The van der Waals surface area contributed by atoms with Gasteiger partial charge in [0.05, 0.1) is 10.6 Å². The highest BCUT2D eigenvalue weighted by Crippen LogP contribution is 2.22. The summed E-state index contributed by atoms with van der Waals surface area (Å²) in [6, 6.07) is 5.81. The summed E-state index contributed by atoms with van der Waals surface area (Å²) in [5.74, 6) is -0.323. The Labute approximate surface area is 146 Å². The third-order valence-electron chi connectivity index (χ3n) is 3.12. The van der Waals surface area contributed by atoms with Crippen molar-refractivity contribution in [3.05, 3.63) is 40.4 Å². The Hall–Kier alpha value is -1.77. The van der Waals surface area contributed by atoms with Crippen molar-refractivity contribution >= 4 is 32.4 Å². The maximum atomic E-state index is 12.2. The van der Waals surface area contributed by atoms with Crippen molar-refractivity contribution in [1.29, 1.82) is 0 Å². The van der Waals surface area contributed by atoms with E-state index in [1.807, 2.05) is 13.8 Å². The first-order chi connectivity index (χ1) is 11.0. The molecular formula is C16H21N3O3S2. The molecule has 0 fully saturated rings. The van der Waals surface area contributed by atoms with Gasteiger partial charge < -0.3 is 0 Å². The second kappa shape index (κ2) is 6.62. The SMILES string of the molecule is Cc1nc(NC(=O)c2ccc(S(=O)(=O)NC(C)(C)C)cc2)sc1C. The van der Waals surface area contributed by atoms with Gasteiger partial charge in [0.2, 0.25) is 10.0 Å². The highest BCUT2D eigenvalue weighted by atomic mass is 32.2. The zero-order valence-corrected chi connectivity index (χ0v) is 15.9. The first-order valence-electron chi connectivity index (χ1n) is 7.37. The Bertz CT molecular complexity index is 828.